The van der Waals surface area contributed by atoms with Crippen LogP contribution in [0.2, 0.25) is 0 Å². The summed E-state index contributed by atoms with van der Waals surface area (Å²) >= 11 is 0. The van der Waals surface area contributed by atoms with Gasteiger partial charge in [-0.05, 0) is 6.92 Å². The van der Waals surface area contributed by atoms with Crippen molar-refractivity contribution < 1.29 is 4.42 Å². The number of rotatable bonds is 5. The molecule has 13 heavy (non-hydrogen) atoms. The largest absolute Gasteiger partial charge is 0.444 e. The van der Waals surface area contributed by atoms with Crippen molar-refractivity contribution in [2.75, 3.05) is 6.54 Å². The first-order chi connectivity index (χ1) is 6.22. The zero-order chi connectivity index (χ0) is 9.68. The van der Waals surface area contributed by atoms with E-state index in [4.69, 9.17) is 4.42 Å². The molecular formula is C10H16N2O. The predicted molar refractivity (Wildman–Crippen MR) is 52.4 cm³/mol. The Hall–Kier alpha value is -1.09. The molecule has 0 aliphatic heterocycles. The van der Waals surface area contributed by atoms with Crippen LogP contribution in [0.3, 0.4) is 0 Å². The van der Waals surface area contributed by atoms with Gasteiger partial charge in [0.2, 0.25) is 5.89 Å². The van der Waals surface area contributed by atoms with Gasteiger partial charge >= 0.3 is 0 Å². The Morgan fingerprint density at radius 1 is 1.69 bits per heavy atom. The molecule has 3 nitrogen and oxygen atoms in total. The Kier molecular flexibility index (Phi) is 3.71. The molecule has 0 atom stereocenters. The number of nitrogens with zero attached hydrogens (tertiary/aromatic N) is 1. The van der Waals surface area contributed by atoms with Crippen molar-refractivity contribution in [2.45, 2.75) is 26.8 Å². The molecule has 1 heterocycles. The molecule has 0 saturated heterocycles. The Morgan fingerprint density at radius 3 is 3.00 bits per heavy atom. The van der Waals surface area contributed by atoms with Gasteiger partial charge in [0, 0.05) is 13.0 Å². The van der Waals surface area contributed by atoms with Crippen molar-refractivity contribution in [3.63, 3.8) is 0 Å². The lowest BCUT2D eigenvalue weighted by molar-refractivity contribution is 0.443. The van der Waals surface area contributed by atoms with Crippen molar-refractivity contribution in [1.82, 2.24) is 10.3 Å². The normalized spacial score (nSPS) is 10.3. The predicted octanol–water partition coefficient (Wildman–Crippen LogP) is 1.90. The molecule has 0 aliphatic rings. The Balaban J connectivity index is 2.32. The van der Waals surface area contributed by atoms with Crippen LogP contribution in [0.15, 0.2) is 22.8 Å². The number of hydrogen-bond donors (Lipinski definition) is 1. The van der Waals surface area contributed by atoms with E-state index in [1.54, 1.807) is 6.20 Å². The van der Waals surface area contributed by atoms with Gasteiger partial charge in [-0.1, -0.05) is 19.1 Å². The minimum atomic E-state index is 0.673. The fourth-order valence-electron chi connectivity index (χ4n) is 0.976. The lowest BCUT2D eigenvalue weighted by Gasteiger charge is -1.99. The summed E-state index contributed by atoms with van der Waals surface area (Å²) in [4.78, 5) is 4.13. The Labute approximate surface area is 78.9 Å². The average molecular weight is 180 g/mol. The van der Waals surface area contributed by atoms with E-state index in [1.165, 1.54) is 0 Å². The first kappa shape index (κ1) is 9.99. The zero-order valence-electron chi connectivity index (χ0n) is 8.26. The second-order valence-electron chi connectivity index (χ2n) is 3.13. The standard InChI is InChI=1S/C10H16N2O/c1-4-9-6-12-10(13-9)7-11-5-8(2)3/h6,11H,2,4-5,7H2,1,3H3. The van der Waals surface area contributed by atoms with Crippen LogP contribution in [0.5, 0.6) is 0 Å². The van der Waals surface area contributed by atoms with Gasteiger partial charge in [0.05, 0.1) is 12.7 Å². The summed E-state index contributed by atoms with van der Waals surface area (Å²) in [6.07, 6.45) is 2.67. The smallest absolute Gasteiger partial charge is 0.208 e. The van der Waals surface area contributed by atoms with Gasteiger partial charge in [-0.25, -0.2) is 4.98 Å². The highest BCUT2D eigenvalue weighted by Gasteiger charge is 2.00. The minimum absolute atomic E-state index is 0.673. The van der Waals surface area contributed by atoms with Crippen LogP contribution in [-0.2, 0) is 13.0 Å². The van der Waals surface area contributed by atoms with E-state index in [9.17, 15) is 0 Å². The number of oxazole rings is 1. The van der Waals surface area contributed by atoms with Crippen LogP contribution in [0.1, 0.15) is 25.5 Å². The molecule has 0 aromatic carbocycles. The summed E-state index contributed by atoms with van der Waals surface area (Å²) in [5.41, 5.74) is 1.11. The fraction of sp³-hybridized carbons (Fsp3) is 0.500. The Bertz CT molecular complexity index is 278. The molecular weight excluding hydrogens is 164 g/mol. The Morgan fingerprint density at radius 2 is 2.46 bits per heavy atom. The highest BCUT2D eigenvalue weighted by molar-refractivity contribution is 4.95. The summed E-state index contributed by atoms with van der Waals surface area (Å²) in [5, 5.41) is 3.18. The maximum absolute atomic E-state index is 5.41. The third-order valence-corrected chi connectivity index (χ3v) is 1.65. The van der Waals surface area contributed by atoms with Gasteiger partial charge in [0.15, 0.2) is 0 Å². The van der Waals surface area contributed by atoms with Crippen LogP contribution >= 0.6 is 0 Å². The van der Waals surface area contributed by atoms with Gasteiger partial charge in [0.25, 0.3) is 0 Å². The molecule has 72 valence electrons. The monoisotopic (exact) mass is 180 g/mol. The lowest BCUT2D eigenvalue weighted by Crippen LogP contribution is -2.15. The molecule has 1 N–H and O–H groups in total. The molecule has 0 fully saturated rings. The molecule has 0 amide bonds. The summed E-state index contributed by atoms with van der Waals surface area (Å²) in [6, 6.07) is 0. The molecule has 1 aromatic heterocycles. The van der Waals surface area contributed by atoms with E-state index in [1.807, 2.05) is 13.8 Å². The number of aryl methyl sites for hydroxylation is 1. The number of nitrogens with one attached hydrogen (secondary N) is 1. The topological polar surface area (TPSA) is 38.1 Å². The van der Waals surface area contributed by atoms with Gasteiger partial charge < -0.3 is 9.73 Å². The van der Waals surface area contributed by atoms with Crippen LogP contribution in [0.4, 0.5) is 0 Å². The van der Waals surface area contributed by atoms with Crippen LogP contribution in [-0.4, -0.2) is 11.5 Å². The van der Waals surface area contributed by atoms with Crippen molar-refractivity contribution in [3.8, 4) is 0 Å². The van der Waals surface area contributed by atoms with Gasteiger partial charge in [0.1, 0.15) is 5.76 Å². The van der Waals surface area contributed by atoms with Crippen molar-refractivity contribution >= 4 is 0 Å². The summed E-state index contributed by atoms with van der Waals surface area (Å²) in [6.45, 7) is 9.31. The van der Waals surface area contributed by atoms with Gasteiger partial charge in [-0.15, -0.1) is 0 Å². The SMILES string of the molecule is C=C(C)CNCc1ncc(CC)o1. The van der Waals surface area contributed by atoms with Crippen LogP contribution in [0.25, 0.3) is 0 Å². The molecule has 1 aromatic rings. The van der Waals surface area contributed by atoms with Gasteiger partial charge in [-0.3, -0.25) is 0 Å². The van der Waals surface area contributed by atoms with E-state index >= 15 is 0 Å². The van der Waals surface area contributed by atoms with E-state index in [0.29, 0.717) is 6.54 Å². The maximum atomic E-state index is 5.41. The first-order valence-corrected chi connectivity index (χ1v) is 4.51. The maximum Gasteiger partial charge on any atom is 0.208 e. The molecule has 0 radical (unpaired) electrons. The highest BCUT2D eigenvalue weighted by atomic mass is 16.4. The zero-order valence-corrected chi connectivity index (χ0v) is 8.26. The average Bonchev–Trinajstić information content (AvgIpc) is 2.52. The molecule has 0 unspecified atom stereocenters. The first-order valence-electron chi connectivity index (χ1n) is 4.51. The third-order valence-electron chi connectivity index (χ3n) is 1.65. The molecule has 3 heteroatoms. The molecule has 0 saturated carbocycles. The van der Waals surface area contributed by atoms with Crippen LogP contribution < -0.4 is 5.32 Å². The molecule has 0 aliphatic carbocycles. The van der Waals surface area contributed by atoms with E-state index in [0.717, 1.165) is 30.2 Å². The van der Waals surface area contributed by atoms with Crippen molar-refractivity contribution in [3.05, 3.63) is 30.0 Å². The van der Waals surface area contributed by atoms with E-state index in [-0.39, 0.29) is 0 Å². The van der Waals surface area contributed by atoms with Crippen LogP contribution in [0, 0.1) is 0 Å². The minimum Gasteiger partial charge on any atom is -0.444 e. The quantitative estimate of drug-likeness (QED) is 0.703. The molecule has 1 rings (SSSR count). The second kappa shape index (κ2) is 4.82. The lowest BCUT2D eigenvalue weighted by atomic mass is 10.3. The van der Waals surface area contributed by atoms with Gasteiger partial charge in [-0.2, -0.15) is 0 Å². The summed E-state index contributed by atoms with van der Waals surface area (Å²) in [5.74, 6) is 1.69. The highest BCUT2D eigenvalue weighted by Crippen LogP contribution is 2.03. The van der Waals surface area contributed by atoms with E-state index < -0.39 is 0 Å². The van der Waals surface area contributed by atoms with Crippen molar-refractivity contribution in [2.24, 2.45) is 0 Å². The summed E-state index contributed by atoms with van der Waals surface area (Å²) < 4.78 is 5.41. The fourth-order valence-corrected chi connectivity index (χ4v) is 0.976. The molecule has 0 bridgehead atoms. The second-order valence-corrected chi connectivity index (χ2v) is 3.13. The van der Waals surface area contributed by atoms with Crippen molar-refractivity contribution in [1.29, 1.82) is 0 Å². The molecule has 0 spiro atoms. The number of aromatic nitrogens is 1. The van der Waals surface area contributed by atoms with E-state index in [2.05, 4.69) is 16.9 Å². The number of hydrogen-bond acceptors (Lipinski definition) is 3. The third kappa shape index (κ3) is 3.42. The summed E-state index contributed by atoms with van der Waals surface area (Å²) in [7, 11) is 0.